The standard InChI is InChI=1S/C26H23ClN2O/c1-16-6-8-17(9-7-16)19-14-23-25(24(30)15-19)26(18-10-12-20(27)13-11-18)29-22-5-3-2-4-21(22)28-23/h2-13,19,26,28-29H,14-15H2,1H3/t19-,26-/m1/s1. The molecule has 0 bridgehead atoms. The molecule has 0 saturated heterocycles. The second-order valence-electron chi connectivity index (χ2n) is 8.13. The van der Waals surface area contributed by atoms with Crippen molar-refractivity contribution < 1.29 is 4.79 Å². The molecule has 3 aromatic rings. The molecule has 30 heavy (non-hydrogen) atoms. The van der Waals surface area contributed by atoms with Crippen LogP contribution in [0.25, 0.3) is 0 Å². The highest BCUT2D eigenvalue weighted by molar-refractivity contribution is 6.30. The van der Waals surface area contributed by atoms with E-state index in [9.17, 15) is 4.79 Å². The molecule has 0 radical (unpaired) electrons. The van der Waals surface area contributed by atoms with Crippen LogP contribution in [0.3, 0.4) is 0 Å². The topological polar surface area (TPSA) is 41.1 Å². The lowest BCUT2D eigenvalue weighted by atomic mass is 9.78. The molecule has 1 aliphatic heterocycles. The van der Waals surface area contributed by atoms with Gasteiger partial charge in [0.25, 0.3) is 0 Å². The summed E-state index contributed by atoms with van der Waals surface area (Å²) in [5, 5.41) is 7.88. The number of halogens is 1. The van der Waals surface area contributed by atoms with Gasteiger partial charge in [-0.15, -0.1) is 0 Å². The molecule has 4 heteroatoms. The van der Waals surface area contributed by atoms with Crippen molar-refractivity contribution in [3.63, 3.8) is 0 Å². The zero-order valence-corrected chi connectivity index (χ0v) is 17.5. The Morgan fingerprint density at radius 3 is 2.23 bits per heavy atom. The molecule has 0 spiro atoms. The smallest absolute Gasteiger partial charge is 0.163 e. The summed E-state index contributed by atoms with van der Waals surface area (Å²) in [6, 6.07) is 24.2. The first kappa shape index (κ1) is 19.0. The number of nitrogens with one attached hydrogen (secondary N) is 2. The van der Waals surface area contributed by atoms with E-state index in [0.717, 1.165) is 34.6 Å². The van der Waals surface area contributed by atoms with E-state index < -0.39 is 0 Å². The van der Waals surface area contributed by atoms with Crippen LogP contribution < -0.4 is 10.6 Å². The number of Topliss-reactive ketones (excluding diaryl/α,β-unsaturated/α-hetero) is 1. The van der Waals surface area contributed by atoms with Gasteiger partial charge in [0.1, 0.15) is 0 Å². The number of carbonyl (C=O) groups excluding carboxylic acids is 1. The SMILES string of the molecule is Cc1ccc([C@H]2CC(=O)C3=C(C2)Nc2ccccc2N[C@@H]3c2ccc(Cl)cc2)cc1. The third kappa shape index (κ3) is 3.50. The van der Waals surface area contributed by atoms with Crippen molar-refractivity contribution in [1.29, 1.82) is 0 Å². The van der Waals surface area contributed by atoms with Crippen molar-refractivity contribution >= 4 is 28.8 Å². The van der Waals surface area contributed by atoms with E-state index in [1.807, 2.05) is 42.5 Å². The highest BCUT2D eigenvalue weighted by Gasteiger charge is 2.35. The number of ketones is 1. The Labute approximate surface area is 181 Å². The van der Waals surface area contributed by atoms with Gasteiger partial charge in [-0.05, 0) is 54.7 Å². The van der Waals surface area contributed by atoms with Crippen molar-refractivity contribution in [2.45, 2.75) is 31.7 Å². The van der Waals surface area contributed by atoms with E-state index in [-0.39, 0.29) is 17.7 Å². The quantitative estimate of drug-likeness (QED) is 0.494. The lowest BCUT2D eigenvalue weighted by molar-refractivity contribution is -0.116. The van der Waals surface area contributed by atoms with Crippen LogP contribution in [0.15, 0.2) is 84.1 Å². The summed E-state index contributed by atoms with van der Waals surface area (Å²) in [7, 11) is 0. The monoisotopic (exact) mass is 414 g/mol. The molecular formula is C26H23ClN2O. The van der Waals surface area contributed by atoms with Crippen molar-refractivity contribution in [2.75, 3.05) is 10.6 Å². The van der Waals surface area contributed by atoms with E-state index in [2.05, 4.69) is 47.9 Å². The number of carbonyl (C=O) groups is 1. The van der Waals surface area contributed by atoms with Crippen molar-refractivity contribution in [3.8, 4) is 0 Å². The molecule has 0 amide bonds. The van der Waals surface area contributed by atoms with Gasteiger partial charge in [0.2, 0.25) is 0 Å². The van der Waals surface area contributed by atoms with Crippen LogP contribution in [0.2, 0.25) is 5.02 Å². The molecule has 3 nitrogen and oxygen atoms in total. The molecule has 3 aromatic carbocycles. The van der Waals surface area contributed by atoms with Gasteiger partial charge in [0, 0.05) is 22.7 Å². The Hall–Kier alpha value is -3.04. The normalized spacial score (nSPS) is 20.5. The highest BCUT2D eigenvalue weighted by atomic mass is 35.5. The zero-order chi connectivity index (χ0) is 20.7. The van der Waals surface area contributed by atoms with E-state index in [0.29, 0.717) is 11.4 Å². The number of hydrogen-bond acceptors (Lipinski definition) is 3. The van der Waals surface area contributed by atoms with Crippen LogP contribution in [-0.4, -0.2) is 5.78 Å². The molecule has 5 rings (SSSR count). The fourth-order valence-electron chi connectivity index (χ4n) is 4.47. The predicted molar refractivity (Wildman–Crippen MR) is 123 cm³/mol. The van der Waals surface area contributed by atoms with Gasteiger partial charge < -0.3 is 10.6 Å². The van der Waals surface area contributed by atoms with Crippen molar-refractivity contribution in [3.05, 3.63) is 106 Å². The first-order chi connectivity index (χ1) is 14.6. The maximum atomic E-state index is 13.5. The number of fused-ring (bicyclic) bond motifs is 1. The summed E-state index contributed by atoms with van der Waals surface area (Å²) in [5.74, 6) is 0.370. The summed E-state index contributed by atoms with van der Waals surface area (Å²) in [6.45, 7) is 2.09. The number of para-hydroxylation sites is 2. The minimum atomic E-state index is -0.208. The van der Waals surface area contributed by atoms with Gasteiger partial charge >= 0.3 is 0 Å². The lowest BCUT2D eigenvalue weighted by Crippen LogP contribution is -2.26. The van der Waals surface area contributed by atoms with E-state index >= 15 is 0 Å². The molecule has 2 atom stereocenters. The molecule has 150 valence electrons. The second-order valence-corrected chi connectivity index (χ2v) is 8.57. The Bertz CT molecular complexity index is 1130. The van der Waals surface area contributed by atoms with E-state index in [1.54, 1.807) is 0 Å². The maximum Gasteiger partial charge on any atom is 0.163 e. The number of allylic oxidation sites excluding steroid dienone is 1. The highest BCUT2D eigenvalue weighted by Crippen LogP contribution is 2.44. The summed E-state index contributed by atoms with van der Waals surface area (Å²) in [4.78, 5) is 13.5. The molecule has 0 fully saturated rings. The summed E-state index contributed by atoms with van der Waals surface area (Å²) in [6.07, 6.45) is 1.33. The fraction of sp³-hybridized carbons (Fsp3) is 0.192. The van der Waals surface area contributed by atoms with Gasteiger partial charge in [-0.1, -0.05) is 65.7 Å². The van der Waals surface area contributed by atoms with Crippen LogP contribution in [0, 0.1) is 6.92 Å². The molecular weight excluding hydrogens is 392 g/mol. The Kier molecular flexibility index (Phi) is 4.84. The van der Waals surface area contributed by atoms with Gasteiger partial charge in [0.05, 0.1) is 17.4 Å². The van der Waals surface area contributed by atoms with Gasteiger partial charge in [0.15, 0.2) is 5.78 Å². The largest absolute Gasteiger partial charge is 0.372 e. The zero-order valence-electron chi connectivity index (χ0n) is 16.8. The van der Waals surface area contributed by atoms with Crippen molar-refractivity contribution in [2.24, 2.45) is 0 Å². The second kappa shape index (κ2) is 7.66. The van der Waals surface area contributed by atoms with E-state index in [4.69, 9.17) is 11.6 Å². The number of aryl methyl sites for hydroxylation is 1. The molecule has 2 aliphatic rings. The Balaban J connectivity index is 1.60. The number of benzene rings is 3. The third-order valence-corrected chi connectivity index (χ3v) is 6.31. The summed E-state index contributed by atoms with van der Waals surface area (Å²) >= 11 is 6.12. The Morgan fingerprint density at radius 1 is 0.833 bits per heavy atom. The minimum absolute atomic E-state index is 0.181. The number of rotatable bonds is 2. The molecule has 2 N–H and O–H groups in total. The number of anilines is 2. The lowest BCUT2D eigenvalue weighted by Gasteiger charge is -2.30. The van der Waals surface area contributed by atoms with Gasteiger partial charge in [-0.3, -0.25) is 4.79 Å². The Morgan fingerprint density at radius 2 is 1.50 bits per heavy atom. The van der Waals surface area contributed by atoms with Crippen molar-refractivity contribution in [1.82, 2.24) is 0 Å². The molecule has 0 saturated carbocycles. The molecule has 1 aliphatic carbocycles. The van der Waals surface area contributed by atoms with Crippen LogP contribution in [0.1, 0.15) is 41.5 Å². The van der Waals surface area contributed by atoms with E-state index in [1.165, 1.54) is 11.1 Å². The molecule has 0 unspecified atom stereocenters. The van der Waals surface area contributed by atoms with Crippen LogP contribution in [0.4, 0.5) is 11.4 Å². The van der Waals surface area contributed by atoms with Crippen LogP contribution in [-0.2, 0) is 4.79 Å². The maximum absolute atomic E-state index is 13.5. The predicted octanol–water partition coefficient (Wildman–Crippen LogP) is 6.63. The van der Waals surface area contributed by atoms with Crippen LogP contribution in [0.5, 0.6) is 0 Å². The van der Waals surface area contributed by atoms with Gasteiger partial charge in [-0.25, -0.2) is 0 Å². The first-order valence-electron chi connectivity index (χ1n) is 10.3. The minimum Gasteiger partial charge on any atom is -0.372 e. The van der Waals surface area contributed by atoms with Crippen LogP contribution >= 0.6 is 11.6 Å². The number of hydrogen-bond donors (Lipinski definition) is 2. The van der Waals surface area contributed by atoms with Gasteiger partial charge in [-0.2, -0.15) is 0 Å². The molecule has 0 aromatic heterocycles. The summed E-state index contributed by atoms with van der Waals surface area (Å²) < 4.78 is 0. The third-order valence-electron chi connectivity index (χ3n) is 6.06. The first-order valence-corrected chi connectivity index (χ1v) is 10.7. The summed E-state index contributed by atoms with van der Waals surface area (Å²) in [5.41, 5.74) is 7.31. The average Bonchev–Trinajstić information content (AvgIpc) is 2.91. The average molecular weight is 415 g/mol. The fourth-order valence-corrected chi connectivity index (χ4v) is 4.60. The molecule has 1 heterocycles.